The first kappa shape index (κ1) is 14.1. The highest BCUT2D eigenvalue weighted by Crippen LogP contribution is 2.44. The van der Waals surface area contributed by atoms with Gasteiger partial charge in [0.25, 0.3) is 0 Å². The normalized spacial score (nSPS) is 16.8. The molecule has 0 bridgehead atoms. The molecule has 0 atom stereocenters. The standard InChI is InChI=1S/C17H17ClN2O/c18-13-10-14(19)15(20-11-13)16(21)17(8-4-5-9-17)12-6-2-1-3-7-12/h1-3,6-7,10-11H,4-5,8-9,19H2. The van der Waals surface area contributed by atoms with Crippen molar-refractivity contribution in [3.05, 3.63) is 58.9 Å². The smallest absolute Gasteiger partial charge is 0.193 e. The van der Waals surface area contributed by atoms with Gasteiger partial charge in [-0.3, -0.25) is 4.79 Å². The van der Waals surface area contributed by atoms with Gasteiger partial charge >= 0.3 is 0 Å². The molecule has 0 amide bonds. The predicted octanol–water partition coefficient (Wildman–Crippen LogP) is 4.01. The fraction of sp³-hybridized carbons (Fsp3) is 0.294. The van der Waals surface area contributed by atoms with Crippen LogP contribution in [-0.4, -0.2) is 10.8 Å². The van der Waals surface area contributed by atoms with Gasteiger partial charge in [0, 0.05) is 6.20 Å². The molecule has 0 spiro atoms. The van der Waals surface area contributed by atoms with Crippen molar-refractivity contribution in [1.82, 2.24) is 4.98 Å². The number of ketones is 1. The number of nitrogen functional groups attached to an aromatic ring is 1. The fourth-order valence-corrected chi connectivity index (χ4v) is 3.42. The summed E-state index contributed by atoms with van der Waals surface area (Å²) < 4.78 is 0. The Morgan fingerprint density at radius 2 is 1.86 bits per heavy atom. The van der Waals surface area contributed by atoms with E-state index in [0.717, 1.165) is 31.2 Å². The number of pyridine rings is 1. The van der Waals surface area contributed by atoms with Gasteiger partial charge in [0.2, 0.25) is 0 Å². The maximum atomic E-state index is 13.1. The van der Waals surface area contributed by atoms with Crippen LogP contribution in [0.4, 0.5) is 5.69 Å². The van der Waals surface area contributed by atoms with Crippen molar-refractivity contribution in [2.45, 2.75) is 31.1 Å². The number of aromatic nitrogens is 1. The maximum absolute atomic E-state index is 13.1. The van der Waals surface area contributed by atoms with Crippen LogP contribution < -0.4 is 5.73 Å². The predicted molar refractivity (Wildman–Crippen MR) is 84.6 cm³/mol. The van der Waals surface area contributed by atoms with E-state index in [1.54, 1.807) is 6.07 Å². The summed E-state index contributed by atoms with van der Waals surface area (Å²) in [7, 11) is 0. The largest absolute Gasteiger partial charge is 0.397 e. The number of Topliss-reactive ketones (excluding diaryl/α,β-unsaturated/α-hetero) is 1. The van der Waals surface area contributed by atoms with Gasteiger partial charge in [-0.2, -0.15) is 0 Å². The summed E-state index contributed by atoms with van der Waals surface area (Å²) in [4.78, 5) is 17.3. The molecule has 0 saturated heterocycles. The number of carbonyl (C=O) groups is 1. The van der Waals surface area contributed by atoms with Crippen molar-refractivity contribution < 1.29 is 4.79 Å². The number of halogens is 1. The summed E-state index contributed by atoms with van der Waals surface area (Å²) in [6.45, 7) is 0. The first-order chi connectivity index (χ1) is 10.1. The first-order valence-electron chi connectivity index (χ1n) is 7.15. The molecule has 108 valence electrons. The highest BCUT2D eigenvalue weighted by molar-refractivity contribution is 6.30. The van der Waals surface area contributed by atoms with Crippen molar-refractivity contribution in [3.63, 3.8) is 0 Å². The van der Waals surface area contributed by atoms with Crippen molar-refractivity contribution >= 4 is 23.1 Å². The third kappa shape index (κ3) is 2.42. The lowest BCUT2D eigenvalue weighted by Gasteiger charge is -2.28. The van der Waals surface area contributed by atoms with Crippen LogP contribution in [0.15, 0.2) is 42.6 Å². The summed E-state index contributed by atoms with van der Waals surface area (Å²) in [5.41, 5.74) is 7.22. The van der Waals surface area contributed by atoms with Crippen molar-refractivity contribution in [3.8, 4) is 0 Å². The van der Waals surface area contributed by atoms with Gasteiger partial charge in [-0.15, -0.1) is 0 Å². The minimum absolute atomic E-state index is 0.0142. The van der Waals surface area contributed by atoms with Gasteiger partial charge in [0.15, 0.2) is 5.78 Å². The zero-order chi connectivity index (χ0) is 14.9. The van der Waals surface area contributed by atoms with Gasteiger partial charge in [0.1, 0.15) is 5.69 Å². The van der Waals surface area contributed by atoms with Crippen molar-refractivity contribution in [2.24, 2.45) is 0 Å². The Morgan fingerprint density at radius 1 is 1.19 bits per heavy atom. The number of benzene rings is 1. The molecular formula is C17H17ClN2O. The van der Waals surface area contributed by atoms with Crippen LogP contribution in [0.5, 0.6) is 0 Å². The zero-order valence-corrected chi connectivity index (χ0v) is 12.4. The fourth-order valence-electron chi connectivity index (χ4n) is 3.25. The summed E-state index contributed by atoms with van der Waals surface area (Å²) in [5, 5.41) is 0.448. The second-order valence-corrected chi connectivity index (χ2v) is 6.01. The van der Waals surface area contributed by atoms with E-state index in [4.69, 9.17) is 17.3 Å². The second-order valence-electron chi connectivity index (χ2n) is 5.58. The van der Waals surface area contributed by atoms with E-state index in [1.165, 1.54) is 6.20 Å². The van der Waals surface area contributed by atoms with Crippen LogP contribution in [0.3, 0.4) is 0 Å². The van der Waals surface area contributed by atoms with E-state index in [2.05, 4.69) is 4.98 Å². The number of carbonyl (C=O) groups excluding carboxylic acids is 1. The quantitative estimate of drug-likeness (QED) is 0.871. The molecule has 21 heavy (non-hydrogen) atoms. The summed E-state index contributed by atoms with van der Waals surface area (Å²) in [6, 6.07) is 11.5. The Morgan fingerprint density at radius 3 is 2.48 bits per heavy atom. The molecule has 3 nitrogen and oxygen atoms in total. The third-order valence-corrected chi connectivity index (χ3v) is 4.52. The molecule has 0 radical (unpaired) electrons. The minimum atomic E-state index is -0.490. The average Bonchev–Trinajstić information content (AvgIpc) is 2.98. The molecule has 3 rings (SSSR count). The number of anilines is 1. The molecule has 1 saturated carbocycles. The zero-order valence-electron chi connectivity index (χ0n) is 11.7. The van der Waals surface area contributed by atoms with Crippen LogP contribution in [0.2, 0.25) is 5.02 Å². The van der Waals surface area contributed by atoms with Crippen LogP contribution in [0.25, 0.3) is 0 Å². The van der Waals surface area contributed by atoms with Crippen molar-refractivity contribution in [2.75, 3.05) is 5.73 Å². The molecule has 1 aromatic carbocycles. The lowest BCUT2D eigenvalue weighted by molar-refractivity contribution is 0.0882. The molecule has 1 aliphatic rings. The van der Waals surface area contributed by atoms with Gasteiger partial charge in [-0.25, -0.2) is 4.98 Å². The molecule has 1 fully saturated rings. The summed E-state index contributed by atoms with van der Waals surface area (Å²) in [5.74, 6) is 0.0142. The van der Waals surface area contributed by atoms with Crippen LogP contribution in [-0.2, 0) is 5.41 Å². The molecule has 0 unspecified atom stereocenters. The number of hydrogen-bond acceptors (Lipinski definition) is 3. The molecule has 4 heteroatoms. The van der Waals surface area contributed by atoms with Crippen LogP contribution in [0.1, 0.15) is 41.7 Å². The van der Waals surface area contributed by atoms with Gasteiger partial charge in [-0.1, -0.05) is 54.8 Å². The molecule has 1 heterocycles. The van der Waals surface area contributed by atoms with Crippen LogP contribution >= 0.6 is 11.6 Å². The Bertz CT molecular complexity index is 664. The lowest BCUT2D eigenvalue weighted by Crippen LogP contribution is -2.34. The lowest BCUT2D eigenvalue weighted by atomic mass is 9.74. The Labute approximate surface area is 129 Å². The number of rotatable bonds is 3. The van der Waals surface area contributed by atoms with E-state index in [9.17, 15) is 4.79 Å². The van der Waals surface area contributed by atoms with Gasteiger partial charge in [-0.05, 0) is 24.5 Å². The molecule has 1 aliphatic carbocycles. The SMILES string of the molecule is Nc1cc(Cl)cnc1C(=O)C1(c2ccccc2)CCCC1. The number of hydrogen-bond donors (Lipinski definition) is 1. The Balaban J connectivity index is 2.08. The summed E-state index contributed by atoms with van der Waals surface area (Å²) >= 11 is 5.88. The van der Waals surface area contributed by atoms with E-state index >= 15 is 0 Å². The van der Waals surface area contributed by atoms with E-state index in [-0.39, 0.29) is 5.78 Å². The average molecular weight is 301 g/mol. The Hall–Kier alpha value is -1.87. The van der Waals surface area contributed by atoms with Gasteiger partial charge < -0.3 is 5.73 Å². The van der Waals surface area contributed by atoms with E-state index in [0.29, 0.717) is 16.4 Å². The first-order valence-corrected chi connectivity index (χ1v) is 7.53. The van der Waals surface area contributed by atoms with Gasteiger partial charge in [0.05, 0.1) is 16.1 Å². The number of nitrogens with zero attached hydrogens (tertiary/aromatic N) is 1. The number of nitrogens with two attached hydrogens (primary N) is 1. The molecule has 2 aromatic rings. The van der Waals surface area contributed by atoms with E-state index in [1.807, 2.05) is 30.3 Å². The van der Waals surface area contributed by atoms with Crippen molar-refractivity contribution in [1.29, 1.82) is 0 Å². The van der Waals surface area contributed by atoms with Crippen LogP contribution in [0, 0.1) is 0 Å². The minimum Gasteiger partial charge on any atom is -0.397 e. The molecule has 0 aliphatic heterocycles. The second kappa shape index (κ2) is 5.49. The highest BCUT2D eigenvalue weighted by atomic mass is 35.5. The maximum Gasteiger partial charge on any atom is 0.193 e. The Kier molecular flexibility index (Phi) is 3.68. The monoisotopic (exact) mass is 300 g/mol. The summed E-state index contributed by atoms with van der Waals surface area (Å²) in [6.07, 6.45) is 5.28. The highest BCUT2D eigenvalue weighted by Gasteiger charge is 2.44. The topological polar surface area (TPSA) is 56.0 Å². The molecule has 2 N–H and O–H groups in total. The molecular weight excluding hydrogens is 284 g/mol. The van der Waals surface area contributed by atoms with E-state index < -0.39 is 5.41 Å². The third-order valence-electron chi connectivity index (χ3n) is 4.32. The molecule has 1 aromatic heterocycles.